The first-order valence-electron chi connectivity index (χ1n) is 15.1. The lowest BCUT2D eigenvalue weighted by Gasteiger charge is -2.34. The van der Waals surface area contributed by atoms with Gasteiger partial charge >= 0.3 is 0 Å². The first-order valence-corrected chi connectivity index (χ1v) is 15.5. The zero-order valence-corrected chi connectivity index (χ0v) is 25.7. The fourth-order valence-corrected chi connectivity index (χ4v) is 6.81. The first kappa shape index (κ1) is 28.5. The normalized spacial score (nSPS) is 17.0. The zero-order valence-electron chi connectivity index (χ0n) is 24.9. The third-order valence-corrected chi connectivity index (χ3v) is 9.44. The van der Waals surface area contributed by atoms with Gasteiger partial charge in [-0.25, -0.2) is 10.4 Å². The summed E-state index contributed by atoms with van der Waals surface area (Å²) in [5.74, 6) is 0.817. The molecular formula is C35H39ClN4O2. The van der Waals surface area contributed by atoms with Gasteiger partial charge in [-0.2, -0.15) is 0 Å². The highest BCUT2D eigenvalue weighted by molar-refractivity contribution is 6.36. The number of halogens is 1. The summed E-state index contributed by atoms with van der Waals surface area (Å²) < 4.78 is 5.67. The standard InChI is InChI=1S/C35H39ClN4O2/c1-5-21(2)31-25(14-9-17-29(31)38-34(41)28-18-19-37-40(3)33(28)22-10-6-11-22)26-15-8-16-27(32(26)36)30-20-23-12-7-13-24(23)35(39-30)42-4/h8-9,14-18,20-21,37H,5-7,10-13,19H2,1-4H3,(H,38,41). The molecule has 3 aromatic rings. The topological polar surface area (TPSA) is 66.5 Å². The molecule has 3 aliphatic rings. The molecule has 1 atom stereocenters. The lowest BCUT2D eigenvalue weighted by atomic mass is 9.86. The maximum Gasteiger partial charge on any atom is 0.257 e. The van der Waals surface area contributed by atoms with Crippen molar-refractivity contribution in [2.75, 3.05) is 26.0 Å². The highest BCUT2D eigenvalue weighted by Gasteiger charge is 2.28. The van der Waals surface area contributed by atoms with E-state index in [9.17, 15) is 4.79 Å². The van der Waals surface area contributed by atoms with Gasteiger partial charge in [-0.05, 0) is 85.3 Å². The molecule has 2 aromatic carbocycles. The van der Waals surface area contributed by atoms with Gasteiger partial charge in [0.15, 0.2) is 0 Å². The Morgan fingerprint density at radius 2 is 1.83 bits per heavy atom. The number of nitrogens with zero attached hydrogens (tertiary/aromatic N) is 2. The van der Waals surface area contributed by atoms with Crippen molar-refractivity contribution in [1.29, 1.82) is 0 Å². The molecule has 2 N–H and O–H groups in total. The van der Waals surface area contributed by atoms with E-state index in [0.29, 0.717) is 17.4 Å². The average molecular weight is 583 g/mol. The largest absolute Gasteiger partial charge is 0.481 e. The van der Waals surface area contributed by atoms with Crippen LogP contribution in [0.25, 0.3) is 22.4 Å². The van der Waals surface area contributed by atoms with Crippen LogP contribution < -0.4 is 15.5 Å². The molecule has 6 nitrogen and oxygen atoms in total. The number of rotatable bonds is 7. The predicted molar refractivity (Wildman–Crippen MR) is 171 cm³/mol. The van der Waals surface area contributed by atoms with Crippen LogP contribution in [0.15, 0.2) is 65.4 Å². The maximum atomic E-state index is 13.8. The number of hydrogen-bond donors (Lipinski definition) is 2. The minimum absolute atomic E-state index is 0.0752. The number of ether oxygens (including phenoxy) is 1. The van der Waals surface area contributed by atoms with Gasteiger partial charge in [0, 0.05) is 36.0 Å². The van der Waals surface area contributed by atoms with Crippen LogP contribution in [0.3, 0.4) is 0 Å². The van der Waals surface area contributed by atoms with Crippen LogP contribution in [0.2, 0.25) is 5.02 Å². The molecule has 0 radical (unpaired) electrons. The van der Waals surface area contributed by atoms with E-state index in [1.54, 1.807) is 7.11 Å². The Balaban J connectivity index is 1.41. The van der Waals surface area contributed by atoms with Crippen LogP contribution in [-0.4, -0.2) is 36.6 Å². The number of carbonyl (C=O) groups is 1. The molecule has 2 aliphatic carbocycles. The van der Waals surface area contributed by atoms with E-state index >= 15 is 0 Å². The molecule has 7 heteroatoms. The molecular weight excluding hydrogens is 544 g/mol. The molecule has 1 fully saturated rings. The van der Waals surface area contributed by atoms with E-state index in [2.05, 4.69) is 42.8 Å². The molecule has 1 aliphatic heterocycles. The van der Waals surface area contributed by atoms with Crippen molar-refractivity contribution < 1.29 is 9.53 Å². The van der Waals surface area contributed by atoms with Gasteiger partial charge in [0.05, 0.1) is 29.1 Å². The Labute approximate surface area is 253 Å². The Morgan fingerprint density at radius 1 is 1.10 bits per heavy atom. The summed E-state index contributed by atoms with van der Waals surface area (Å²) in [4.78, 5) is 18.7. The number of aryl methyl sites for hydroxylation is 1. The number of fused-ring (bicyclic) bond motifs is 1. The molecule has 1 amide bonds. The number of methoxy groups -OCH3 is 1. The number of allylic oxidation sites excluding steroid dienone is 1. The molecule has 1 unspecified atom stereocenters. The van der Waals surface area contributed by atoms with Gasteiger partial charge in [0.25, 0.3) is 5.91 Å². The number of nitrogens with one attached hydrogen (secondary N) is 2. The molecule has 42 heavy (non-hydrogen) atoms. The number of carbonyl (C=O) groups excluding carboxylic acids is 1. The van der Waals surface area contributed by atoms with Gasteiger partial charge in [0.1, 0.15) is 0 Å². The molecule has 1 aromatic heterocycles. The van der Waals surface area contributed by atoms with Crippen molar-refractivity contribution in [2.45, 2.75) is 64.7 Å². The third-order valence-electron chi connectivity index (χ3n) is 9.03. The van der Waals surface area contributed by atoms with E-state index < -0.39 is 0 Å². The maximum absolute atomic E-state index is 13.8. The number of benzene rings is 2. The molecule has 2 heterocycles. The minimum atomic E-state index is -0.0752. The molecule has 0 saturated heterocycles. The highest BCUT2D eigenvalue weighted by Crippen LogP contribution is 2.44. The van der Waals surface area contributed by atoms with Gasteiger partial charge in [-0.1, -0.05) is 61.9 Å². The SMILES string of the molecule is CCC(C)c1c(NC(=O)C2=CCNN(C)C2=C2CCC2)cccc1-c1cccc(-c2cc3c(c(OC)n2)CCC3)c1Cl. The number of amides is 1. The van der Waals surface area contributed by atoms with Crippen molar-refractivity contribution >= 4 is 23.2 Å². The highest BCUT2D eigenvalue weighted by atomic mass is 35.5. The van der Waals surface area contributed by atoms with Crippen molar-refractivity contribution in [1.82, 2.24) is 15.4 Å². The van der Waals surface area contributed by atoms with Crippen LogP contribution in [-0.2, 0) is 17.6 Å². The lowest BCUT2D eigenvalue weighted by Crippen LogP contribution is -2.41. The number of pyridine rings is 1. The second kappa shape index (κ2) is 11.9. The van der Waals surface area contributed by atoms with Gasteiger partial charge < -0.3 is 15.1 Å². The van der Waals surface area contributed by atoms with Gasteiger partial charge in [-0.3, -0.25) is 4.79 Å². The van der Waals surface area contributed by atoms with Crippen LogP contribution in [0, 0.1) is 0 Å². The molecule has 1 saturated carbocycles. The van der Waals surface area contributed by atoms with E-state index in [1.165, 1.54) is 23.1 Å². The fourth-order valence-electron chi connectivity index (χ4n) is 6.48. The summed E-state index contributed by atoms with van der Waals surface area (Å²) in [6.45, 7) is 5.01. The summed E-state index contributed by atoms with van der Waals surface area (Å²) in [6, 6.07) is 14.4. The predicted octanol–water partition coefficient (Wildman–Crippen LogP) is 7.83. The third kappa shape index (κ3) is 5.12. The molecule has 6 rings (SSSR count). The van der Waals surface area contributed by atoms with Crippen molar-refractivity contribution in [2.24, 2.45) is 0 Å². The monoisotopic (exact) mass is 582 g/mol. The Hall–Kier alpha value is -3.61. The Kier molecular flexibility index (Phi) is 8.11. The summed E-state index contributed by atoms with van der Waals surface area (Å²) in [6.07, 6.45) is 9.32. The van der Waals surface area contributed by atoms with Crippen molar-refractivity contribution in [3.8, 4) is 28.3 Å². The first-order chi connectivity index (χ1) is 20.4. The van der Waals surface area contributed by atoms with Crippen LogP contribution in [0.5, 0.6) is 5.88 Å². The molecule has 218 valence electrons. The zero-order chi connectivity index (χ0) is 29.4. The average Bonchev–Trinajstić information content (AvgIpc) is 3.45. The number of hydrazine groups is 1. The number of aromatic nitrogens is 1. The number of anilines is 1. The van der Waals surface area contributed by atoms with E-state index in [1.807, 2.05) is 42.4 Å². The summed E-state index contributed by atoms with van der Waals surface area (Å²) in [5.41, 5.74) is 14.5. The minimum Gasteiger partial charge on any atom is -0.481 e. The van der Waals surface area contributed by atoms with Crippen LogP contribution in [0.4, 0.5) is 5.69 Å². The molecule has 0 bridgehead atoms. The van der Waals surface area contributed by atoms with E-state index in [0.717, 1.165) is 83.4 Å². The van der Waals surface area contributed by atoms with Crippen molar-refractivity contribution in [3.63, 3.8) is 0 Å². The second-order valence-corrected chi connectivity index (χ2v) is 11.9. The Morgan fingerprint density at radius 3 is 2.57 bits per heavy atom. The van der Waals surface area contributed by atoms with E-state index in [-0.39, 0.29) is 11.8 Å². The number of hydrogen-bond acceptors (Lipinski definition) is 5. The smallest absolute Gasteiger partial charge is 0.257 e. The van der Waals surface area contributed by atoms with Gasteiger partial charge in [0.2, 0.25) is 5.88 Å². The van der Waals surface area contributed by atoms with Crippen LogP contribution >= 0.6 is 11.6 Å². The fraction of sp³-hybridized carbons (Fsp3) is 0.371. The van der Waals surface area contributed by atoms with E-state index in [4.69, 9.17) is 21.3 Å². The second-order valence-electron chi connectivity index (χ2n) is 11.6. The summed E-state index contributed by atoms with van der Waals surface area (Å²) >= 11 is 7.22. The van der Waals surface area contributed by atoms with Crippen molar-refractivity contribution in [3.05, 3.63) is 87.1 Å². The Bertz CT molecular complexity index is 1600. The van der Waals surface area contributed by atoms with Crippen LogP contribution in [0.1, 0.15) is 68.6 Å². The summed E-state index contributed by atoms with van der Waals surface area (Å²) in [7, 11) is 3.68. The lowest BCUT2D eigenvalue weighted by molar-refractivity contribution is -0.112. The summed E-state index contributed by atoms with van der Waals surface area (Å²) in [5, 5.41) is 5.95. The molecule has 0 spiro atoms. The quantitative estimate of drug-likeness (QED) is 0.297. The van der Waals surface area contributed by atoms with Gasteiger partial charge in [-0.15, -0.1) is 0 Å². The number of likely N-dealkylation sites (N-methyl/N-ethyl adjacent to an activating group) is 1.